The lowest BCUT2D eigenvalue weighted by molar-refractivity contribution is -0.135. The fraction of sp³-hybridized carbons (Fsp3) is 0.381. The lowest BCUT2D eigenvalue weighted by Gasteiger charge is -2.30. The molecule has 166 valence electrons. The minimum atomic E-state index is -4.05. The van der Waals surface area contributed by atoms with E-state index in [9.17, 15) is 17.6 Å². The van der Waals surface area contributed by atoms with E-state index in [0.29, 0.717) is 56.6 Å². The van der Waals surface area contributed by atoms with Gasteiger partial charge >= 0.3 is 0 Å². The van der Waals surface area contributed by atoms with Crippen molar-refractivity contribution in [2.75, 3.05) is 46.1 Å². The maximum Gasteiger partial charge on any atom is 0.243 e. The number of benzene rings is 2. The van der Waals surface area contributed by atoms with Crippen LogP contribution in [0.2, 0.25) is 0 Å². The molecule has 0 atom stereocenters. The molecule has 0 aliphatic carbocycles. The molecule has 1 amide bonds. The number of nitrogens with zero attached hydrogens (tertiary/aromatic N) is 2. The highest BCUT2D eigenvalue weighted by molar-refractivity contribution is 7.89. The highest BCUT2D eigenvalue weighted by Crippen LogP contribution is 2.33. The zero-order valence-corrected chi connectivity index (χ0v) is 17.6. The van der Waals surface area contributed by atoms with E-state index in [1.807, 2.05) is 0 Å². The maximum absolute atomic E-state index is 13.5. The molecule has 0 spiro atoms. The first kappa shape index (κ1) is 21.5. The number of hydrogen-bond donors (Lipinski definition) is 0. The van der Waals surface area contributed by atoms with Crippen molar-refractivity contribution < 1.29 is 31.8 Å². The first-order valence-electron chi connectivity index (χ1n) is 9.93. The van der Waals surface area contributed by atoms with Crippen molar-refractivity contribution in [3.63, 3.8) is 0 Å². The van der Waals surface area contributed by atoms with Gasteiger partial charge in [-0.3, -0.25) is 4.79 Å². The van der Waals surface area contributed by atoms with Crippen molar-refractivity contribution in [3.05, 3.63) is 53.8 Å². The molecule has 0 aromatic heterocycles. The van der Waals surface area contributed by atoms with Gasteiger partial charge in [-0.25, -0.2) is 12.8 Å². The first-order valence-corrected chi connectivity index (χ1v) is 11.4. The number of rotatable bonds is 6. The molecule has 10 heteroatoms. The van der Waals surface area contributed by atoms with Gasteiger partial charge in [0.25, 0.3) is 0 Å². The van der Waals surface area contributed by atoms with Crippen molar-refractivity contribution in [2.45, 2.75) is 11.4 Å². The topological polar surface area (TPSA) is 85.4 Å². The summed E-state index contributed by atoms with van der Waals surface area (Å²) in [7, 11) is -4.05. The van der Waals surface area contributed by atoms with Crippen LogP contribution in [-0.2, 0) is 26.1 Å². The van der Waals surface area contributed by atoms with Gasteiger partial charge in [-0.1, -0.05) is 12.1 Å². The van der Waals surface area contributed by atoms with Crippen LogP contribution in [-0.4, -0.2) is 69.6 Å². The van der Waals surface area contributed by atoms with E-state index in [1.165, 1.54) is 36.4 Å². The molecular weight excluding hydrogens is 427 g/mol. The summed E-state index contributed by atoms with van der Waals surface area (Å²) in [5.41, 5.74) is 0.567. The summed E-state index contributed by atoms with van der Waals surface area (Å²) in [6, 6.07) is 9.89. The molecule has 2 aromatic carbocycles. The Balaban J connectivity index is 1.62. The molecular formula is C21H23FN2O6S. The lowest BCUT2D eigenvalue weighted by atomic mass is 10.2. The van der Waals surface area contributed by atoms with Crippen LogP contribution >= 0.6 is 0 Å². The fourth-order valence-corrected chi connectivity index (χ4v) is 4.81. The summed E-state index contributed by atoms with van der Waals surface area (Å²) >= 11 is 0. The monoisotopic (exact) mass is 450 g/mol. The number of morpholine rings is 1. The number of carbonyl (C=O) groups is 1. The summed E-state index contributed by atoms with van der Waals surface area (Å²) < 4.78 is 57.6. The molecule has 2 heterocycles. The second-order valence-corrected chi connectivity index (χ2v) is 9.14. The van der Waals surface area contributed by atoms with Gasteiger partial charge in [0.15, 0.2) is 11.5 Å². The van der Waals surface area contributed by atoms with Gasteiger partial charge in [-0.05, 0) is 29.8 Å². The molecule has 0 N–H and O–H groups in total. The third-order valence-electron chi connectivity index (χ3n) is 5.10. The number of halogens is 1. The predicted molar refractivity (Wildman–Crippen MR) is 109 cm³/mol. The Morgan fingerprint density at radius 1 is 0.968 bits per heavy atom. The van der Waals surface area contributed by atoms with Crippen LogP contribution in [0.25, 0.3) is 0 Å². The number of amides is 1. The summed E-state index contributed by atoms with van der Waals surface area (Å²) in [5, 5.41) is 0. The van der Waals surface area contributed by atoms with E-state index in [0.717, 1.165) is 4.31 Å². The molecule has 0 unspecified atom stereocenters. The summed E-state index contributed by atoms with van der Waals surface area (Å²) in [6.45, 7) is 1.95. The summed E-state index contributed by atoms with van der Waals surface area (Å²) in [5.74, 6) is 0.0779. The molecule has 0 radical (unpaired) electrons. The minimum Gasteiger partial charge on any atom is -0.486 e. The van der Waals surface area contributed by atoms with E-state index in [1.54, 1.807) is 11.0 Å². The Morgan fingerprint density at radius 2 is 1.65 bits per heavy atom. The van der Waals surface area contributed by atoms with Gasteiger partial charge < -0.3 is 19.1 Å². The molecule has 2 aromatic rings. The van der Waals surface area contributed by atoms with Crippen LogP contribution in [0.15, 0.2) is 47.4 Å². The molecule has 1 fully saturated rings. The molecule has 2 aliphatic heterocycles. The van der Waals surface area contributed by atoms with Crippen LogP contribution in [0.3, 0.4) is 0 Å². The van der Waals surface area contributed by atoms with Gasteiger partial charge in [0, 0.05) is 25.7 Å². The Morgan fingerprint density at radius 3 is 2.35 bits per heavy atom. The zero-order valence-electron chi connectivity index (χ0n) is 16.8. The lowest BCUT2D eigenvalue weighted by Crippen LogP contribution is -2.46. The Hall–Kier alpha value is -2.69. The van der Waals surface area contributed by atoms with Crippen LogP contribution in [0.4, 0.5) is 4.39 Å². The first-order chi connectivity index (χ1) is 14.9. The van der Waals surface area contributed by atoms with Crippen LogP contribution in [0.1, 0.15) is 5.56 Å². The molecule has 4 rings (SSSR count). The predicted octanol–water partition coefficient (Wildman–Crippen LogP) is 1.65. The van der Waals surface area contributed by atoms with Crippen molar-refractivity contribution in [1.29, 1.82) is 0 Å². The number of fused-ring (bicyclic) bond motifs is 1. The average molecular weight is 450 g/mol. The highest BCUT2D eigenvalue weighted by Gasteiger charge is 2.30. The molecule has 0 saturated carbocycles. The SMILES string of the molecule is O=C(CN(Cc1ccc(F)cc1)S(=O)(=O)c1ccc2c(c1)OCCO2)N1CCOCC1. The summed E-state index contributed by atoms with van der Waals surface area (Å²) in [4.78, 5) is 14.4. The van der Waals surface area contributed by atoms with Crippen molar-refractivity contribution in [2.24, 2.45) is 0 Å². The van der Waals surface area contributed by atoms with E-state index < -0.39 is 15.8 Å². The standard InChI is InChI=1S/C21H23FN2O6S/c22-17-3-1-16(2-4-17)14-24(15-21(25)23-7-9-28-10-8-23)31(26,27)18-5-6-19-20(13-18)30-12-11-29-19/h1-6,13H,7-12,14-15H2. The number of sulfonamides is 1. The van der Waals surface area contributed by atoms with E-state index in [2.05, 4.69) is 0 Å². The quantitative estimate of drug-likeness (QED) is 0.665. The Labute approximate surface area is 180 Å². The average Bonchev–Trinajstić information content (AvgIpc) is 2.80. The second-order valence-electron chi connectivity index (χ2n) is 7.20. The van der Waals surface area contributed by atoms with Crippen LogP contribution in [0.5, 0.6) is 11.5 Å². The third-order valence-corrected chi connectivity index (χ3v) is 6.89. The Kier molecular flexibility index (Phi) is 6.40. The minimum absolute atomic E-state index is 0.00589. The largest absolute Gasteiger partial charge is 0.486 e. The van der Waals surface area contributed by atoms with Gasteiger partial charge in [0.1, 0.15) is 19.0 Å². The molecule has 0 bridgehead atoms. The zero-order chi connectivity index (χ0) is 21.8. The highest BCUT2D eigenvalue weighted by atomic mass is 32.2. The molecule has 1 saturated heterocycles. The van der Waals surface area contributed by atoms with Crippen molar-refractivity contribution in [3.8, 4) is 11.5 Å². The molecule has 8 nitrogen and oxygen atoms in total. The number of carbonyl (C=O) groups excluding carboxylic acids is 1. The van der Waals surface area contributed by atoms with Crippen molar-refractivity contribution in [1.82, 2.24) is 9.21 Å². The molecule has 2 aliphatic rings. The van der Waals surface area contributed by atoms with Crippen LogP contribution in [0, 0.1) is 5.82 Å². The summed E-state index contributed by atoms with van der Waals surface area (Å²) in [6.07, 6.45) is 0. The molecule has 31 heavy (non-hydrogen) atoms. The normalized spacial score (nSPS) is 16.4. The second kappa shape index (κ2) is 9.21. The van der Waals surface area contributed by atoms with Gasteiger partial charge in [-0.2, -0.15) is 4.31 Å². The van der Waals surface area contributed by atoms with E-state index in [4.69, 9.17) is 14.2 Å². The number of ether oxygens (including phenoxy) is 3. The fourth-order valence-electron chi connectivity index (χ4n) is 3.42. The van der Waals surface area contributed by atoms with Gasteiger partial charge in [0.05, 0.1) is 24.7 Å². The maximum atomic E-state index is 13.5. The Bertz CT molecular complexity index is 1040. The van der Waals surface area contributed by atoms with Gasteiger partial charge in [-0.15, -0.1) is 0 Å². The van der Waals surface area contributed by atoms with Gasteiger partial charge in [0.2, 0.25) is 15.9 Å². The smallest absolute Gasteiger partial charge is 0.243 e. The van der Waals surface area contributed by atoms with E-state index >= 15 is 0 Å². The van der Waals surface area contributed by atoms with E-state index in [-0.39, 0.29) is 23.9 Å². The van der Waals surface area contributed by atoms with Crippen molar-refractivity contribution >= 4 is 15.9 Å². The third kappa shape index (κ3) is 4.97. The van der Waals surface area contributed by atoms with Crippen LogP contribution < -0.4 is 9.47 Å². The number of hydrogen-bond acceptors (Lipinski definition) is 6.